The smallest absolute Gasteiger partial charge is 0.0927 e. The van der Waals surface area contributed by atoms with Crippen LogP contribution >= 0.6 is 0 Å². The van der Waals surface area contributed by atoms with Crippen LogP contribution in [0.2, 0.25) is 0 Å². The van der Waals surface area contributed by atoms with Crippen molar-refractivity contribution in [3.8, 4) is 0 Å². The van der Waals surface area contributed by atoms with Crippen LogP contribution in [0.3, 0.4) is 0 Å². The maximum atomic E-state index is 9.97. The minimum absolute atomic E-state index is 0.341. The van der Waals surface area contributed by atoms with E-state index in [0.717, 1.165) is 19.6 Å². The highest BCUT2D eigenvalue weighted by atomic mass is 16.5. The lowest BCUT2D eigenvalue weighted by Gasteiger charge is -2.23. The van der Waals surface area contributed by atoms with Gasteiger partial charge in [-0.2, -0.15) is 0 Å². The Morgan fingerprint density at radius 3 is 3.00 bits per heavy atom. The molecule has 3 N–H and O–H groups in total. The van der Waals surface area contributed by atoms with Crippen molar-refractivity contribution in [1.29, 1.82) is 0 Å². The molecule has 16 heavy (non-hydrogen) atoms. The summed E-state index contributed by atoms with van der Waals surface area (Å²) in [6.45, 7) is 2.98. The van der Waals surface area contributed by atoms with E-state index in [1.165, 1.54) is 0 Å². The monoisotopic (exact) mass is 233 g/mol. The highest BCUT2D eigenvalue weighted by Crippen LogP contribution is 2.23. The molecular formula is C11H23NO4. The third-order valence-electron chi connectivity index (χ3n) is 2.78. The molecule has 1 aliphatic rings. The lowest BCUT2D eigenvalue weighted by atomic mass is 9.95. The van der Waals surface area contributed by atoms with Crippen molar-refractivity contribution in [3.05, 3.63) is 0 Å². The summed E-state index contributed by atoms with van der Waals surface area (Å²) < 4.78 is 10.0. The molecule has 0 spiro atoms. The third kappa shape index (κ3) is 5.23. The van der Waals surface area contributed by atoms with E-state index in [1.807, 2.05) is 0 Å². The first-order valence-electron chi connectivity index (χ1n) is 5.84. The van der Waals surface area contributed by atoms with Crippen molar-refractivity contribution in [3.63, 3.8) is 0 Å². The third-order valence-corrected chi connectivity index (χ3v) is 2.78. The second-order valence-corrected chi connectivity index (χ2v) is 4.44. The van der Waals surface area contributed by atoms with E-state index < -0.39 is 11.7 Å². The average Bonchev–Trinajstić information content (AvgIpc) is 2.64. The van der Waals surface area contributed by atoms with Gasteiger partial charge >= 0.3 is 0 Å². The first-order chi connectivity index (χ1) is 7.66. The van der Waals surface area contributed by atoms with Crippen molar-refractivity contribution in [1.82, 2.24) is 5.32 Å². The molecule has 0 radical (unpaired) electrons. The SMILES string of the molecule is COCCCNCC(O)CC1(O)CCOC1. The van der Waals surface area contributed by atoms with Gasteiger partial charge in [0.05, 0.1) is 18.3 Å². The number of rotatable bonds is 8. The number of hydrogen-bond donors (Lipinski definition) is 3. The fourth-order valence-corrected chi connectivity index (χ4v) is 1.88. The van der Waals surface area contributed by atoms with Gasteiger partial charge in [-0.1, -0.05) is 0 Å². The van der Waals surface area contributed by atoms with E-state index in [0.29, 0.717) is 32.6 Å². The molecule has 5 nitrogen and oxygen atoms in total. The van der Waals surface area contributed by atoms with Gasteiger partial charge in [-0.15, -0.1) is 0 Å². The Bertz CT molecular complexity index is 183. The Morgan fingerprint density at radius 1 is 1.56 bits per heavy atom. The standard InChI is InChI=1S/C11H23NO4/c1-15-5-2-4-12-8-10(13)7-11(14)3-6-16-9-11/h10,12-14H,2-9H2,1H3. The van der Waals surface area contributed by atoms with E-state index in [2.05, 4.69) is 5.32 Å². The van der Waals surface area contributed by atoms with Crippen LogP contribution in [0, 0.1) is 0 Å². The first kappa shape index (κ1) is 13.9. The summed E-state index contributed by atoms with van der Waals surface area (Å²) in [5.74, 6) is 0. The number of nitrogens with one attached hydrogen (secondary N) is 1. The highest BCUT2D eigenvalue weighted by Gasteiger charge is 2.34. The minimum Gasteiger partial charge on any atom is -0.392 e. The molecule has 0 aromatic rings. The van der Waals surface area contributed by atoms with Gasteiger partial charge in [0.15, 0.2) is 0 Å². The Morgan fingerprint density at radius 2 is 2.38 bits per heavy atom. The lowest BCUT2D eigenvalue weighted by Crippen LogP contribution is -2.38. The van der Waals surface area contributed by atoms with Gasteiger partial charge in [-0.3, -0.25) is 0 Å². The molecule has 0 aromatic carbocycles. The predicted octanol–water partition coefficient (Wildman–Crippen LogP) is -0.485. The van der Waals surface area contributed by atoms with E-state index in [1.54, 1.807) is 7.11 Å². The van der Waals surface area contributed by atoms with E-state index in [9.17, 15) is 10.2 Å². The van der Waals surface area contributed by atoms with E-state index in [4.69, 9.17) is 9.47 Å². The van der Waals surface area contributed by atoms with Crippen LogP contribution < -0.4 is 5.32 Å². The number of hydrogen-bond acceptors (Lipinski definition) is 5. The molecule has 0 saturated carbocycles. The summed E-state index contributed by atoms with van der Waals surface area (Å²) >= 11 is 0. The number of ether oxygens (including phenoxy) is 2. The summed E-state index contributed by atoms with van der Waals surface area (Å²) in [6.07, 6.45) is 1.41. The van der Waals surface area contributed by atoms with Crippen molar-refractivity contribution in [2.24, 2.45) is 0 Å². The van der Waals surface area contributed by atoms with Crippen molar-refractivity contribution >= 4 is 0 Å². The molecule has 1 saturated heterocycles. The lowest BCUT2D eigenvalue weighted by molar-refractivity contribution is -0.0163. The Hall–Kier alpha value is -0.200. The molecule has 96 valence electrons. The van der Waals surface area contributed by atoms with Gasteiger partial charge in [0.25, 0.3) is 0 Å². The maximum Gasteiger partial charge on any atom is 0.0927 e. The molecule has 0 amide bonds. The van der Waals surface area contributed by atoms with E-state index in [-0.39, 0.29) is 0 Å². The van der Waals surface area contributed by atoms with Crippen LogP contribution in [0.25, 0.3) is 0 Å². The number of methoxy groups -OCH3 is 1. The zero-order chi connectivity index (χ0) is 11.9. The summed E-state index contributed by atoms with van der Waals surface area (Å²) in [6, 6.07) is 0. The largest absolute Gasteiger partial charge is 0.392 e. The van der Waals surface area contributed by atoms with Crippen molar-refractivity contribution in [2.45, 2.75) is 31.0 Å². The topological polar surface area (TPSA) is 71.0 Å². The molecule has 1 rings (SSSR count). The van der Waals surface area contributed by atoms with Gasteiger partial charge < -0.3 is 25.0 Å². The summed E-state index contributed by atoms with van der Waals surface area (Å²) in [7, 11) is 1.67. The fraction of sp³-hybridized carbons (Fsp3) is 1.00. The van der Waals surface area contributed by atoms with Gasteiger partial charge in [0.1, 0.15) is 0 Å². The number of aliphatic hydroxyl groups is 2. The van der Waals surface area contributed by atoms with E-state index >= 15 is 0 Å². The average molecular weight is 233 g/mol. The molecule has 0 bridgehead atoms. The highest BCUT2D eigenvalue weighted by molar-refractivity contribution is 4.85. The normalized spacial score (nSPS) is 27.2. The summed E-state index contributed by atoms with van der Waals surface area (Å²) in [4.78, 5) is 0. The first-order valence-corrected chi connectivity index (χ1v) is 5.84. The van der Waals surface area contributed by atoms with Gasteiger partial charge in [-0.05, 0) is 13.0 Å². The zero-order valence-corrected chi connectivity index (χ0v) is 9.95. The van der Waals surface area contributed by atoms with Crippen LogP contribution in [0.15, 0.2) is 0 Å². The summed E-state index contributed by atoms with van der Waals surface area (Å²) in [5.41, 5.74) is -0.826. The number of aliphatic hydroxyl groups excluding tert-OH is 1. The predicted molar refractivity (Wildman–Crippen MR) is 60.4 cm³/mol. The quantitative estimate of drug-likeness (QED) is 0.494. The molecule has 1 heterocycles. The minimum atomic E-state index is -0.826. The molecule has 0 aliphatic carbocycles. The molecule has 5 heteroatoms. The second-order valence-electron chi connectivity index (χ2n) is 4.44. The van der Waals surface area contributed by atoms with Gasteiger partial charge in [-0.25, -0.2) is 0 Å². The molecule has 2 unspecified atom stereocenters. The van der Waals surface area contributed by atoms with Crippen LogP contribution in [-0.2, 0) is 9.47 Å². The molecule has 1 aliphatic heterocycles. The van der Waals surface area contributed by atoms with Crippen LogP contribution in [0.4, 0.5) is 0 Å². The Labute approximate surface area is 96.7 Å². The van der Waals surface area contributed by atoms with Gasteiger partial charge in [0.2, 0.25) is 0 Å². The van der Waals surface area contributed by atoms with Crippen molar-refractivity contribution in [2.75, 3.05) is 40.0 Å². The second kappa shape index (κ2) is 7.19. The van der Waals surface area contributed by atoms with Gasteiger partial charge in [0, 0.05) is 39.7 Å². The molecule has 2 atom stereocenters. The summed E-state index contributed by atoms with van der Waals surface area (Å²) in [5, 5.41) is 22.8. The maximum absolute atomic E-state index is 9.97. The zero-order valence-electron chi connectivity index (χ0n) is 9.95. The molecule has 1 fully saturated rings. The Kier molecular flexibility index (Phi) is 6.23. The molecule has 0 aromatic heterocycles. The van der Waals surface area contributed by atoms with Crippen LogP contribution in [0.5, 0.6) is 0 Å². The van der Waals surface area contributed by atoms with Crippen LogP contribution in [0.1, 0.15) is 19.3 Å². The van der Waals surface area contributed by atoms with Crippen molar-refractivity contribution < 1.29 is 19.7 Å². The Balaban J connectivity index is 2.04. The van der Waals surface area contributed by atoms with Crippen LogP contribution in [-0.4, -0.2) is 61.9 Å². The fourth-order valence-electron chi connectivity index (χ4n) is 1.88. The molecular weight excluding hydrogens is 210 g/mol.